The number of nitrogens with zero attached hydrogens (tertiary/aromatic N) is 4. The van der Waals surface area contributed by atoms with Gasteiger partial charge < -0.3 is 15.0 Å². The van der Waals surface area contributed by atoms with Gasteiger partial charge in [0, 0.05) is 37.3 Å². The molecule has 1 aromatic heterocycles. The topological polar surface area (TPSA) is 120 Å². The van der Waals surface area contributed by atoms with Crippen LogP contribution in [0.15, 0.2) is 24.3 Å². The summed E-state index contributed by atoms with van der Waals surface area (Å²) in [6.07, 6.45) is 0.0636. The van der Waals surface area contributed by atoms with Crippen LogP contribution in [0, 0.1) is 10.1 Å². The summed E-state index contributed by atoms with van der Waals surface area (Å²) in [5.74, 6) is -0.567. The van der Waals surface area contributed by atoms with Crippen molar-refractivity contribution in [1.29, 1.82) is 0 Å². The first-order valence-electron chi connectivity index (χ1n) is 9.14. The highest BCUT2D eigenvalue weighted by molar-refractivity contribution is 6.05. The fourth-order valence-corrected chi connectivity index (χ4v) is 3.18. The molecule has 0 spiro atoms. The third-order valence-corrected chi connectivity index (χ3v) is 4.46. The van der Waals surface area contributed by atoms with Crippen LogP contribution in [0.3, 0.4) is 0 Å². The second kappa shape index (κ2) is 7.53. The molecule has 0 radical (unpaired) electrons. The number of carbonyl (C=O) groups is 2. The van der Waals surface area contributed by atoms with E-state index in [-0.39, 0.29) is 23.6 Å². The van der Waals surface area contributed by atoms with Gasteiger partial charge in [0.05, 0.1) is 11.5 Å². The number of aromatic nitrogens is 2. The van der Waals surface area contributed by atoms with Crippen LogP contribution in [-0.2, 0) is 24.8 Å². The van der Waals surface area contributed by atoms with Gasteiger partial charge in [-0.05, 0) is 26.8 Å². The smallest absolute Gasteiger partial charge is 0.410 e. The SMILES string of the molecule is Cn1nc(C(=O)Nc2ccccc2[N+](=O)[O-])c2c1CCN(C(=O)OC(C)(C)C)C2. The van der Waals surface area contributed by atoms with E-state index in [1.807, 2.05) is 0 Å². The van der Waals surface area contributed by atoms with Crippen LogP contribution in [0.25, 0.3) is 0 Å². The number of para-hydroxylation sites is 2. The lowest BCUT2D eigenvalue weighted by molar-refractivity contribution is -0.383. The molecule has 0 atom stereocenters. The van der Waals surface area contributed by atoms with E-state index in [1.54, 1.807) is 38.6 Å². The number of ether oxygens (including phenoxy) is 1. The summed E-state index contributed by atoms with van der Waals surface area (Å²) in [4.78, 5) is 37.4. The summed E-state index contributed by atoms with van der Waals surface area (Å²) in [6, 6.07) is 5.89. The Morgan fingerprint density at radius 3 is 2.62 bits per heavy atom. The lowest BCUT2D eigenvalue weighted by Crippen LogP contribution is -2.40. The molecule has 3 rings (SSSR count). The van der Waals surface area contributed by atoms with Gasteiger partial charge in [-0.2, -0.15) is 5.10 Å². The monoisotopic (exact) mass is 401 g/mol. The fraction of sp³-hybridized carbons (Fsp3) is 0.421. The lowest BCUT2D eigenvalue weighted by atomic mass is 10.0. The molecular weight excluding hydrogens is 378 g/mol. The van der Waals surface area contributed by atoms with E-state index in [2.05, 4.69) is 10.4 Å². The number of nitro groups is 1. The zero-order valence-electron chi connectivity index (χ0n) is 16.8. The highest BCUT2D eigenvalue weighted by Crippen LogP contribution is 2.27. The molecule has 0 unspecified atom stereocenters. The van der Waals surface area contributed by atoms with E-state index >= 15 is 0 Å². The number of rotatable bonds is 3. The summed E-state index contributed by atoms with van der Waals surface area (Å²) in [7, 11) is 1.73. The van der Waals surface area contributed by atoms with E-state index in [0.29, 0.717) is 18.5 Å². The van der Waals surface area contributed by atoms with Gasteiger partial charge in [-0.3, -0.25) is 19.6 Å². The summed E-state index contributed by atoms with van der Waals surface area (Å²) in [5, 5.41) is 18.0. The van der Waals surface area contributed by atoms with Gasteiger partial charge in [0.15, 0.2) is 5.69 Å². The van der Waals surface area contributed by atoms with E-state index < -0.39 is 22.5 Å². The molecule has 0 saturated heterocycles. The molecule has 1 aromatic carbocycles. The van der Waals surface area contributed by atoms with Gasteiger partial charge >= 0.3 is 6.09 Å². The van der Waals surface area contributed by atoms with Crippen molar-refractivity contribution in [2.24, 2.45) is 7.05 Å². The Labute approximate surface area is 167 Å². The number of hydrogen-bond donors (Lipinski definition) is 1. The number of carbonyl (C=O) groups excluding carboxylic acids is 2. The Morgan fingerprint density at radius 1 is 1.28 bits per heavy atom. The number of fused-ring (bicyclic) bond motifs is 1. The predicted molar refractivity (Wildman–Crippen MR) is 105 cm³/mol. The van der Waals surface area contributed by atoms with Gasteiger partial charge in [-0.25, -0.2) is 4.79 Å². The van der Waals surface area contributed by atoms with E-state index in [1.165, 1.54) is 23.1 Å². The minimum Gasteiger partial charge on any atom is -0.444 e. The van der Waals surface area contributed by atoms with Crippen molar-refractivity contribution >= 4 is 23.4 Å². The molecule has 0 bridgehead atoms. The van der Waals surface area contributed by atoms with E-state index in [9.17, 15) is 19.7 Å². The van der Waals surface area contributed by atoms with Gasteiger partial charge in [0.1, 0.15) is 11.3 Å². The van der Waals surface area contributed by atoms with Crippen molar-refractivity contribution < 1.29 is 19.2 Å². The minimum atomic E-state index is -0.626. The Morgan fingerprint density at radius 2 is 1.97 bits per heavy atom. The first-order chi connectivity index (χ1) is 13.6. The quantitative estimate of drug-likeness (QED) is 0.624. The van der Waals surface area contributed by atoms with E-state index in [0.717, 1.165) is 5.69 Å². The maximum Gasteiger partial charge on any atom is 0.410 e. The van der Waals surface area contributed by atoms with Crippen LogP contribution in [0.4, 0.5) is 16.2 Å². The zero-order chi connectivity index (χ0) is 21.3. The molecule has 1 aliphatic heterocycles. The zero-order valence-corrected chi connectivity index (χ0v) is 16.8. The number of nitro benzene ring substituents is 1. The summed E-state index contributed by atoms with van der Waals surface area (Å²) in [5.41, 5.74) is 0.841. The fourth-order valence-electron chi connectivity index (χ4n) is 3.18. The number of amides is 2. The van der Waals surface area contributed by atoms with Gasteiger partial charge in [-0.1, -0.05) is 12.1 Å². The number of nitrogens with one attached hydrogen (secondary N) is 1. The van der Waals surface area contributed by atoms with Crippen molar-refractivity contribution in [3.8, 4) is 0 Å². The second-order valence-electron chi connectivity index (χ2n) is 7.78. The first-order valence-corrected chi connectivity index (χ1v) is 9.14. The van der Waals surface area contributed by atoms with E-state index in [4.69, 9.17) is 4.74 Å². The maximum atomic E-state index is 12.8. The largest absolute Gasteiger partial charge is 0.444 e. The summed E-state index contributed by atoms with van der Waals surface area (Å²) >= 11 is 0. The summed E-state index contributed by atoms with van der Waals surface area (Å²) in [6.45, 7) is 5.99. The molecule has 154 valence electrons. The molecule has 0 fully saturated rings. The van der Waals surface area contributed by atoms with Crippen LogP contribution in [-0.4, -0.2) is 43.7 Å². The average molecular weight is 401 g/mol. The molecule has 2 heterocycles. The van der Waals surface area contributed by atoms with Gasteiger partial charge in [0.2, 0.25) is 0 Å². The highest BCUT2D eigenvalue weighted by Gasteiger charge is 2.32. The molecule has 2 aromatic rings. The number of anilines is 1. The molecule has 0 aliphatic carbocycles. The minimum absolute atomic E-state index is 0.0849. The normalized spacial score (nSPS) is 13.6. The number of benzene rings is 1. The Bertz CT molecular complexity index is 976. The Kier molecular flexibility index (Phi) is 5.27. The summed E-state index contributed by atoms with van der Waals surface area (Å²) < 4.78 is 7.03. The second-order valence-corrected chi connectivity index (χ2v) is 7.78. The van der Waals surface area contributed by atoms with Crippen LogP contribution >= 0.6 is 0 Å². The van der Waals surface area contributed by atoms with Gasteiger partial charge in [0.25, 0.3) is 11.6 Å². The molecule has 2 amide bonds. The van der Waals surface area contributed by atoms with Crippen molar-refractivity contribution in [2.45, 2.75) is 39.3 Å². The molecule has 29 heavy (non-hydrogen) atoms. The van der Waals surface area contributed by atoms with Crippen molar-refractivity contribution in [1.82, 2.24) is 14.7 Å². The van der Waals surface area contributed by atoms with Crippen LogP contribution < -0.4 is 5.32 Å². The van der Waals surface area contributed by atoms with Crippen LogP contribution in [0.1, 0.15) is 42.5 Å². The molecular formula is C19H23N5O5. The molecule has 0 saturated carbocycles. The third-order valence-electron chi connectivity index (χ3n) is 4.46. The molecule has 1 N–H and O–H groups in total. The van der Waals surface area contributed by atoms with Gasteiger partial charge in [-0.15, -0.1) is 0 Å². The Balaban J connectivity index is 1.85. The van der Waals surface area contributed by atoms with Crippen LogP contribution in [0.5, 0.6) is 0 Å². The number of hydrogen-bond acceptors (Lipinski definition) is 6. The number of aryl methyl sites for hydroxylation is 1. The highest BCUT2D eigenvalue weighted by atomic mass is 16.6. The first kappa shape index (κ1) is 20.3. The van der Waals surface area contributed by atoms with Crippen molar-refractivity contribution in [3.63, 3.8) is 0 Å². The standard InChI is InChI=1S/C19H23N5O5/c1-19(2,3)29-18(26)23-10-9-14-12(11-23)16(21-22(14)4)17(25)20-13-7-5-6-8-15(13)24(27)28/h5-8H,9-11H2,1-4H3,(H,20,25). The van der Waals surface area contributed by atoms with Crippen molar-refractivity contribution in [2.75, 3.05) is 11.9 Å². The maximum absolute atomic E-state index is 12.8. The molecule has 10 heteroatoms. The van der Waals surface area contributed by atoms with Crippen LogP contribution in [0.2, 0.25) is 0 Å². The molecule has 1 aliphatic rings. The Hall–Kier alpha value is -3.43. The lowest BCUT2D eigenvalue weighted by Gasteiger charge is -2.30. The average Bonchev–Trinajstić information content (AvgIpc) is 2.97. The predicted octanol–water partition coefficient (Wildman–Crippen LogP) is 2.87. The molecule has 10 nitrogen and oxygen atoms in total. The van der Waals surface area contributed by atoms with Crippen molar-refractivity contribution in [3.05, 3.63) is 51.3 Å². The third kappa shape index (κ3) is 4.36.